The summed E-state index contributed by atoms with van der Waals surface area (Å²) in [5, 5.41) is 17.1. The van der Waals surface area contributed by atoms with Crippen molar-refractivity contribution in [2.75, 3.05) is 0 Å². The highest BCUT2D eigenvalue weighted by Crippen LogP contribution is 2.15. The molecule has 3 atom stereocenters. The van der Waals surface area contributed by atoms with Crippen LogP contribution in [-0.4, -0.2) is 40.5 Å². The predicted molar refractivity (Wildman–Crippen MR) is 156 cm³/mol. The predicted octanol–water partition coefficient (Wildman–Crippen LogP) is 5.21. The molecule has 0 spiro atoms. The molecule has 8 nitrogen and oxygen atoms in total. The molecule has 2 amide bonds. The van der Waals surface area contributed by atoms with E-state index in [2.05, 4.69) is 15.6 Å². The molecule has 0 unspecified atom stereocenters. The van der Waals surface area contributed by atoms with Gasteiger partial charge in [0.25, 0.3) is 0 Å². The molecule has 8 heteroatoms. The molecular weight excluding hydrogens is 518 g/mol. The standard InChI is InChI=1S/C33H35N3O5/c37-31(30(20-26-13-6-2-7-14-26)36-33(39)41-24-28-17-10-18-34-22-28)21-29(19-25-11-4-1-5-12-25)35-32(38)40-23-27-15-8-3-9-16-27/h1-18,22,29-31,37H,19-21,23-24H2,(H,35,38)(H,36,39)/t29-,30-,31-/m0/s1. The van der Waals surface area contributed by atoms with Crippen molar-refractivity contribution in [1.82, 2.24) is 15.6 Å². The lowest BCUT2D eigenvalue weighted by Gasteiger charge is -2.28. The second kappa shape index (κ2) is 15.8. The van der Waals surface area contributed by atoms with Crippen LogP contribution in [0.4, 0.5) is 9.59 Å². The van der Waals surface area contributed by atoms with Gasteiger partial charge in [-0.15, -0.1) is 0 Å². The van der Waals surface area contributed by atoms with Crippen LogP contribution in [0.1, 0.15) is 28.7 Å². The molecule has 3 N–H and O–H groups in total. The van der Waals surface area contributed by atoms with E-state index >= 15 is 0 Å². The Morgan fingerprint density at radius 3 is 1.76 bits per heavy atom. The van der Waals surface area contributed by atoms with Gasteiger partial charge in [-0.1, -0.05) is 97.1 Å². The van der Waals surface area contributed by atoms with Crippen LogP contribution in [0.15, 0.2) is 116 Å². The summed E-state index contributed by atoms with van der Waals surface area (Å²) in [6.45, 7) is 0.188. The second-order valence-electron chi connectivity index (χ2n) is 9.77. The number of hydrogen-bond acceptors (Lipinski definition) is 6. The van der Waals surface area contributed by atoms with Gasteiger partial charge in [-0.25, -0.2) is 9.59 Å². The first-order chi connectivity index (χ1) is 20.0. The average Bonchev–Trinajstić information content (AvgIpc) is 3.01. The van der Waals surface area contributed by atoms with Crippen LogP contribution in [0.5, 0.6) is 0 Å². The first kappa shape index (κ1) is 29.3. The molecule has 0 radical (unpaired) electrons. The van der Waals surface area contributed by atoms with Crippen molar-refractivity contribution in [3.8, 4) is 0 Å². The summed E-state index contributed by atoms with van der Waals surface area (Å²) >= 11 is 0. The maximum Gasteiger partial charge on any atom is 0.407 e. The number of aliphatic hydroxyl groups is 1. The van der Waals surface area contributed by atoms with Crippen LogP contribution in [0.3, 0.4) is 0 Å². The fraction of sp³-hybridized carbons (Fsp3) is 0.242. The number of alkyl carbamates (subject to hydrolysis) is 2. The Hall–Kier alpha value is -4.69. The minimum absolute atomic E-state index is 0.0548. The van der Waals surface area contributed by atoms with Crippen LogP contribution in [0.2, 0.25) is 0 Å². The van der Waals surface area contributed by atoms with Gasteiger partial charge in [-0.05, 0) is 42.0 Å². The third-order valence-corrected chi connectivity index (χ3v) is 6.54. The Labute approximate surface area is 240 Å². The molecule has 1 aromatic heterocycles. The smallest absolute Gasteiger partial charge is 0.407 e. The van der Waals surface area contributed by atoms with Crippen LogP contribution in [-0.2, 0) is 35.5 Å². The largest absolute Gasteiger partial charge is 0.445 e. The summed E-state index contributed by atoms with van der Waals surface area (Å²) in [5.74, 6) is 0. The van der Waals surface area contributed by atoms with Crippen molar-refractivity contribution in [3.05, 3.63) is 138 Å². The lowest BCUT2D eigenvalue weighted by atomic mass is 9.94. The number of hydrogen-bond donors (Lipinski definition) is 3. The van der Waals surface area contributed by atoms with Crippen molar-refractivity contribution in [2.45, 2.75) is 50.7 Å². The van der Waals surface area contributed by atoms with Crippen molar-refractivity contribution < 1.29 is 24.2 Å². The zero-order chi connectivity index (χ0) is 28.7. The molecule has 0 aliphatic rings. The fourth-order valence-corrected chi connectivity index (χ4v) is 4.46. The Morgan fingerprint density at radius 1 is 0.659 bits per heavy atom. The van der Waals surface area contributed by atoms with E-state index in [1.807, 2.05) is 97.1 Å². The second-order valence-corrected chi connectivity index (χ2v) is 9.77. The Balaban J connectivity index is 1.43. The summed E-state index contributed by atoms with van der Waals surface area (Å²) in [7, 11) is 0. The number of carbonyl (C=O) groups is 2. The number of amides is 2. The molecular formula is C33H35N3O5. The van der Waals surface area contributed by atoms with Gasteiger partial charge < -0.3 is 25.2 Å². The van der Waals surface area contributed by atoms with Gasteiger partial charge in [-0.3, -0.25) is 4.98 Å². The lowest BCUT2D eigenvalue weighted by Crippen LogP contribution is -2.48. The number of pyridine rings is 1. The number of nitrogens with zero attached hydrogens (tertiary/aromatic N) is 1. The number of rotatable bonds is 13. The summed E-state index contributed by atoms with van der Waals surface area (Å²) in [6.07, 6.45) is 2.07. The van der Waals surface area contributed by atoms with Gasteiger partial charge in [-0.2, -0.15) is 0 Å². The van der Waals surface area contributed by atoms with E-state index < -0.39 is 30.4 Å². The molecule has 3 aromatic carbocycles. The molecule has 41 heavy (non-hydrogen) atoms. The summed E-state index contributed by atoms with van der Waals surface area (Å²) < 4.78 is 10.8. The third-order valence-electron chi connectivity index (χ3n) is 6.54. The minimum atomic E-state index is -0.996. The molecule has 4 aromatic rings. The first-order valence-electron chi connectivity index (χ1n) is 13.6. The number of benzene rings is 3. The minimum Gasteiger partial charge on any atom is -0.445 e. The van der Waals surface area contributed by atoms with E-state index in [1.54, 1.807) is 18.5 Å². The molecule has 0 aliphatic carbocycles. The molecule has 0 bridgehead atoms. The number of aliphatic hydroxyl groups excluding tert-OH is 1. The highest BCUT2D eigenvalue weighted by molar-refractivity contribution is 5.68. The summed E-state index contributed by atoms with van der Waals surface area (Å²) in [4.78, 5) is 29.5. The van der Waals surface area contributed by atoms with E-state index in [4.69, 9.17) is 9.47 Å². The SMILES string of the molecule is O=C(N[C@@H](Cc1ccccc1)C[C@H](O)[C@H](Cc1ccccc1)NC(=O)OCc1cccnc1)OCc1ccccc1. The summed E-state index contributed by atoms with van der Waals surface area (Å²) in [5.41, 5.74) is 3.57. The zero-order valence-corrected chi connectivity index (χ0v) is 22.8. The van der Waals surface area contributed by atoms with Gasteiger partial charge in [0, 0.05) is 24.0 Å². The zero-order valence-electron chi connectivity index (χ0n) is 22.8. The molecule has 4 rings (SSSR count). The molecule has 1 heterocycles. The Kier molecular flexibility index (Phi) is 11.3. The molecule has 0 saturated carbocycles. The Bertz CT molecular complexity index is 1320. The van der Waals surface area contributed by atoms with Crippen molar-refractivity contribution in [1.29, 1.82) is 0 Å². The van der Waals surface area contributed by atoms with Gasteiger partial charge in [0.05, 0.1) is 12.1 Å². The molecule has 0 aliphatic heterocycles. The van der Waals surface area contributed by atoms with Gasteiger partial charge in [0.15, 0.2) is 0 Å². The number of aromatic nitrogens is 1. The van der Waals surface area contributed by atoms with Crippen molar-refractivity contribution in [2.24, 2.45) is 0 Å². The monoisotopic (exact) mass is 553 g/mol. The van der Waals surface area contributed by atoms with Gasteiger partial charge in [0.1, 0.15) is 13.2 Å². The first-order valence-corrected chi connectivity index (χ1v) is 13.6. The molecule has 0 saturated heterocycles. The van der Waals surface area contributed by atoms with E-state index in [0.29, 0.717) is 12.8 Å². The summed E-state index contributed by atoms with van der Waals surface area (Å²) in [6, 6.07) is 31.2. The quantitative estimate of drug-likeness (QED) is 0.210. The molecule has 0 fully saturated rings. The van der Waals surface area contributed by atoms with Gasteiger partial charge >= 0.3 is 12.2 Å². The lowest BCUT2D eigenvalue weighted by molar-refractivity contribution is 0.0861. The average molecular weight is 554 g/mol. The highest BCUT2D eigenvalue weighted by atomic mass is 16.6. The van der Waals surface area contributed by atoms with E-state index in [-0.39, 0.29) is 19.6 Å². The number of carbonyl (C=O) groups excluding carboxylic acids is 2. The number of ether oxygens (including phenoxy) is 2. The maximum absolute atomic E-state index is 12.7. The van der Waals surface area contributed by atoms with Crippen LogP contribution >= 0.6 is 0 Å². The third kappa shape index (κ3) is 10.4. The number of nitrogens with one attached hydrogen (secondary N) is 2. The van der Waals surface area contributed by atoms with E-state index in [1.165, 1.54) is 0 Å². The van der Waals surface area contributed by atoms with Crippen LogP contribution < -0.4 is 10.6 Å². The van der Waals surface area contributed by atoms with Gasteiger partial charge in [0.2, 0.25) is 0 Å². The highest BCUT2D eigenvalue weighted by Gasteiger charge is 2.27. The van der Waals surface area contributed by atoms with E-state index in [0.717, 1.165) is 22.3 Å². The van der Waals surface area contributed by atoms with Crippen molar-refractivity contribution >= 4 is 12.2 Å². The van der Waals surface area contributed by atoms with Crippen LogP contribution in [0.25, 0.3) is 0 Å². The normalized spacial score (nSPS) is 12.9. The Morgan fingerprint density at radius 2 is 1.17 bits per heavy atom. The topological polar surface area (TPSA) is 110 Å². The van der Waals surface area contributed by atoms with E-state index in [9.17, 15) is 14.7 Å². The fourth-order valence-electron chi connectivity index (χ4n) is 4.46. The van der Waals surface area contributed by atoms with Crippen LogP contribution in [0, 0.1) is 0 Å². The maximum atomic E-state index is 12.7. The van der Waals surface area contributed by atoms with Crippen molar-refractivity contribution in [3.63, 3.8) is 0 Å². The molecule has 212 valence electrons.